The van der Waals surface area contributed by atoms with E-state index in [9.17, 15) is 9.59 Å². The van der Waals surface area contributed by atoms with Gasteiger partial charge in [0.15, 0.2) is 0 Å². The zero-order valence-corrected chi connectivity index (χ0v) is 11.5. The Morgan fingerprint density at radius 2 is 2.10 bits per heavy atom. The highest BCUT2D eigenvalue weighted by Crippen LogP contribution is 2.30. The van der Waals surface area contributed by atoms with E-state index in [1.54, 1.807) is 18.0 Å². The lowest BCUT2D eigenvalue weighted by Crippen LogP contribution is -2.48. The van der Waals surface area contributed by atoms with Gasteiger partial charge in [0.2, 0.25) is 0 Å². The molecule has 1 aromatic rings. The van der Waals surface area contributed by atoms with Gasteiger partial charge in [0, 0.05) is 19.3 Å². The highest BCUT2D eigenvalue weighted by atomic mass is 16.4. The molecule has 0 radical (unpaired) electrons. The number of pyridine rings is 1. The van der Waals surface area contributed by atoms with Gasteiger partial charge in [-0.3, -0.25) is 9.78 Å². The van der Waals surface area contributed by atoms with E-state index < -0.39 is 11.4 Å². The third-order valence-corrected chi connectivity index (χ3v) is 3.82. The first-order valence-corrected chi connectivity index (χ1v) is 6.67. The maximum absolute atomic E-state index is 12.0. The highest BCUT2D eigenvalue weighted by molar-refractivity contribution is 5.76. The minimum Gasteiger partial charge on any atom is -0.481 e. The number of likely N-dealkylation sites (tertiary alicyclic amines) is 1. The first-order valence-electron chi connectivity index (χ1n) is 6.67. The standard InChI is InChI=1S/C14H19N3O3/c1-14(12(18)19)5-8-17(9-6-14)13(20)16-10-11-4-2-3-7-15-11/h2-4,7H,5-6,8-10H2,1H3,(H,16,20)(H,18,19). The molecule has 2 rings (SSSR count). The minimum atomic E-state index is -0.786. The number of hydrogen-bond donors (Lipinski definition) is 2. The molecular weight excluding hydrogens is 258 g/mol. The van der Waals surface area contributed by atoms with Gasteiger partial charge in [0.1, 0.15) is 0 Å². The fraction of sp³-hybridized carbons (Fsp3) is 0.500. The van der Waals surface area contributed by atoms with Crippen LogP contribution in [0, 0.1) is 5.41 Å². The topological polar surface area (TPSA) is 82.5 Å². The van der Waals surface area contributed by atoms with E-state index in [2.05, 4.69) is 10.3 Å². The molecule has 0 atom stereocenters. The summed E-state index contributed by atoms with van der Waals surface area (Å²) in [5, 5.41) is 11.9. The summed E-state index contributed by atoms with van der Waals surface area (Å²) >= 11 is 0. The van der Waals surface area contributed by atoms with Gasteiger partial charge in [-0.05, 0) is 31.9 Å². The number of hydrogen-bond acceptors (Lipinski definition) is 3. The number of amides is 2. The number of nitrogens with zero attached hydrogens (tertiary/aromatic N) is 2. The van der Waals surface area contributed by atoms with Crippen LogP contribution in [0.5, 0.6) is 0 Å². The lowest BCUT2D eigenvalue weighted by Gasteiger charge is -2.36. The number of rotatable bonds is 3. The molecule has 0 unspecified atom stereocenters. The molecule has 6 heteroatoms. The number of carbonyl (C=O) groups is 2. The van der Waals surface area contributed by atoms with Crippen LogP contribution in [-0.4, -0.2) is 40.1 Å². The largest absolute Gasteiger partial charge is 0.481 e. The molecule has 1 saturated heterocycles. The molecular formula is C14H19N3O3. The number of aliphatic carboxylic acids is 1. The van der Waals surface area contributed by atoms with Crippen molar-refractivity contribution < 1.29 is 14.7 Å². The summed E-state index contributed by atoms with van der Waals surface area (Å²) in [4.78, 5) is 28.9. The van der Waals surface area contributed by atoms with Gasteiger partial charge in [-0.2, -0.15) is 0 Å². The molecule has 0 bridgehead atoms. The Bertz CT molecular complexity index is 482. The third-order valence-electron chi connectivity index (χ3n) is 3.82. The second-order valence-electron chi connectivity index (χ2n) is 5.33. The van der Waals surface area contributed by atoms with Crippen LogP contribution in [0.4, 0.5) is 4.79 Å². The average Bonchev–Trinajstić information content (AvgIpc) is 2.46. The lowest BCUT2D eigenvalue weighted by molar-refractivity contribution is -0.150. The van der Waals surface area contributed by atoms with Gasteiger partial charge in [-0.1, -0.05) is 6.07 Å². The fourth-order valence-electron chi connectivity index (χ4n) is 2.20. The molecule has 0 saturated carbocycles. The number of urea groups is 1. The number of carbonyl (C=O) groups excluding carboxylic acids is 1. The number of carboxylic acids is 1. The zero-order valence-electron chi connectivity index (χ0n) is 11.5. The molecule has 2 N–H and O–H groups in total. The monoisotopic (exact) mass is 277 g/mol. The zero-order chi connectivity index (χ0) is 14.6. The van der Waals surface area contributed by atoms with Crippen molar-refractivity contribution in [1.82, 2.24) is 15.2 Å². The molecule has 1 fully saturated rings. The quantitative estimate of drug-likeness (QED) is 0.876. The third kappa shape index (κ3) is 3.26. The Morgan fingerprint density at radius 3 is 2.65 bits per heavy atom. The van der Waals surface area contributed by atoms with E-state index in [4.69, 9.17) is 5.11 Å². The van der Waals surface area contributed by atoms with Gasteiger partial charge in [-0.15, -0.1) is 0 Å². The molecule has 2 amide bonds. The summed E-state index contributed by atoms with van der Waals surface area (Å²) in [6, 6.07) is 5.37. The van der Waals surface area contributed by atoms with Crippen LogP contribution in [0.1, 0.15) is 25.5 Å². The summed E-state index contributed by atoms with van der Waals surface area (Å²) in [6.07, 6.45) is 2.65. The first-order chi connectivity index (χ1) is 9.51. The number of carboxylic acid groups (broad SMARTS) is 1. The molecule has 20 heavy (non-hydrogen) atoms. The van der Waals surface area contributed by atoms with Crippen molar-refractivity contribution in [3.8, 4) is 0 Å². The van der Waals surface area contributed by atoms with Crippen LogP contribution in [0.3, 0.4) is 0 Å². The molecule has 0 aromatic carbocycles. The Hall–Kier alpha value is -2.11. The van der Waals surface area contributed by atoms with E-state index in [1.165, 1.54) is 0 Å². The summed E-state index contributed by atoms with van der Waals surface area (Å²) in [5.74, 6) is -0.786. The molecule has 1 aliphatic heterocycles. The minimum absolute atomic E-state index is 0.164. The highest BCUT2D eigenvalue weighted by Gasteiger charge is 2.37. The molecule has 1 aromatic heterocycles. The van der Waals surface area contributed by atoms with E-state index >= 15 is 0 Å². The van der Waals surface area contributed by atoms with Crippen molar-refractivity contribution >= 4 is 12.0 Å². The number of aromatic nitrogens is 1. The first kappa shape index (κ1) is 14.3. The summed E-state index contributed by atoms with van der Waals surface area (Å²) < 4.78 is 0. The van der Waals surface area contributed by atoms with Crippen molar-refractivity contribution in [2.24, 2.45) is 5.41 Å². The van der Waals surface area contributed by atoms with Crippen LogP contribution in [-0.2, 0) is 11.3 Å². The van der Waals surface area contributed by atoms with Gasteiger partial charge in [0.25, 0.3) is 0 Å². The van der Waals surface area contributed by atoms with E-state index in [0.717, 1.165) is 5.69 Å². The molecule has 0 spiro atoms. The van der Waals surface area contributed by atoms with Gasteiger partial charge >= 0.3 is 12.0 Å². The Morgan fingerprint density at radius 1 is 1.40 bits per heavy atom. The molecule has 0 aliphatic carbocycles. The number of piperidine rings is 1. The lowest BCUT2D eigenvalue weighted by atomic mass is 9.80. The van der Waals surface area contributed by atoms with Crippen molar-refractivity contribution in [2.75, 3.05) is 13.1 Å². The Labute approximate surface area is 117 Å². The fourth-order valence-corrected chi connectivity index (χ4v) is 2.20. The summed E-state index contributed by atoms with van der Waals surface area (Å²) in [5.41, 5.74) is 0.0887. The maximum atomic E-state index is 12.0. The summed E-state index contributed by atoms with van der Waals surface area (Å²) in [7, 11) is 0. The van der Waals surface area contributed by atoms with Gasteiger partial charge in [-0.25, -0.2) is 4.79 Å². The molecule has 1 aliphatic rings. The van der Waals surface area contributed by atoms with Crippen molar-refractivity contribution in [3.63, 3.8) is 0 Å². The number of nitrogens with one attached hydrogen (secondary N) is 1. The van der Waals surface area contributed by atoms with Crippen LogP contribution in [0.2, 0.25) is 0 Å². The molecule has 6 nitrogen and oxygen atoms in total. The van der Waals surface area contributed by atoms with E-state index in [0.29, 0.717) is 32.5 Å². The second-order valence-corrected chi connectivity index (χ2v) is 5.33. The Kier molecular flexibility index (Phi) is 4.22. The molecule has 2 heterocycles. The Balaban J connectivity index is 1.82. The van der Waals surface area contributed by atoms with Crippen molar-refractivity contribution in [1.29, 1.82) is 0 Å². The van der Waals surface area contributed by atoms with Crippen molar-refractivity contribution in [3.05, 3.63) is 30.1 Å². The van der Waals surface area contributed by atoms with E-state index in [-0.39, 0.29) is 6.03 Å². The average molecular weight is 277 g/mol. The van der Waals surface area contributed by atoms with Crippen LogP contribution >= 0.6 is 0 Å². The SMILES string of the molecule is CC1(C(=O)O)CCN(C(=O)NCc2ccccn2)CC1. The normalized spacial score (nSPS) is 17.6. The summed E-state index contributed by atoms with van der Waals surface area (Å²) in [6.45, 7) is 3.05. The van der Waals surface area contributed by atoms with Gasteiger partial charge in [0.05, 0.1) is 17.7 Å². The second kappa shape index (κ2) is 5.90. The maximum Gasteiger partial charge on any atom is 0.317 e. The van der Waals surface area contributed by atoms with Crippen LogP contribution in [0.15, 0.2) is 24.4 Å². The smallest absolute Gasteiger partial charge is 0.317 e. The predicted octanol–water partition coefficient (Wildman–Crippen LogP) is 1.48. The predicted molar refractivity (Wildman–Crippen MR) is 73.0 cm³/mol. The van der Waals surface area contributed by atoms with Crippen molar-refractivity contribution in [2.45, 2.75) is 26.3 Å². The van der Waals surface area contributed by atoms with Crippen LogP contribution < -0.4 is 5.32 Å². The van der Waals surface area contributed by atoms with E-state index in [1.807, 2.05) is 18.2 Å². The van der Waals surface area contributed by atoms with Crippen LogP contribution in [0.25, 0.3) is 0 Å². The molecule has 108 valence electrons. The van der Waals surface area contributed by atoms with Gasteiger partial charge < -0.3 is 15.3 Å².